The van der Waals surface area contributed by atoms with E-state index >= 15 is 0 Å². The van der Waals surface area contributed by atoms with Crippen molar-refractivity contribution in [3.63, 3.8) is 0 Å². The molecule has 0 saturated heterocycles. The number of ether oxygens (including phenoxy) is 2. The topological polar surface area (TPSA) is 89.6 Å². The van der Waals surface area contributed by atoms with Gasteiger partial charge >= 0.3 is 0 Å². The maximum absolute atomic E-state index is 8.84. The van der Waals surface area contributed by atoms with Gasteiger partial charge in [-0.3, -0.25) is 5.41 Å². The largest absolute Gasteiger partial charge is 0.497 e. The maximum atomic E-state index is 8.84. The minimum atomic E-state index is -0.470. The zero-order valence-corrected chi connectivity index (χ0v) is 19.0. The number of hydrogen-bond acceptors (Lipinski definition) is 5. The molecule has 163 valence electrons. The quantitative estimate of drug-likeness (QED) is 0.442. The van der Waals surface area contributed by atoms with E-state index in [-0.39, 0.29) is 22.2 Å². The van der Waals surface area contributed by atoms with Gasteiger partial charge in [0.1, 0.15) is 11.5 Å². The summed E-state index contributed by atoms with van der Waals surface area (Å²) in [4.78, 5) is 2.26. The number of hydrogen-bond donors (Lipinski definition) is 3. The third-order valence-corrected chi connectivity index (χ3v) is 5.02. The van der Waals surface area contributed by atoms with Crippen molar-refractivity contribution in [3.05, 3.63) is 65.4 Å². The third kappa shape index (κ3) is 5.04. The number of aliphatic hydroxyl groups is 1. The molecule has 30 heavy (non-hydrogen) atoms. The van der Waals surface area contributed by atoms with Crippen molar-refractivity contribution in [2.24, 2.45) is 0 Å². The Balaban J connectivity index is 0.000000324. The smallest absolute Gasteiger partial charge is 0.214 e. The van der Waals surface area contributed by atoms with Gasteiger partial charge in [-0.1, -0.05) is 26.0 Å². The van der Waals surface area contributed by atoms with Crippen LogP contribution in [-0.4, -0.2) is 38.0 Å². The molecule has 0 amide bonds. The molecule has 1 radical (unpaired) electrons. The minimum absolute atomic E-state index is 0. The van der Waals surface area contributed by atoms with E-state index < -0.39 is 5.90 Å². The van der Waals surface area contributed by atoms with Crippen LogP contribution in [0.3, 0.4) is 0 Å². The summed E-state index contributed by atoms with van der Waals surface area (Å²) in [5.41, 5.74) is 3.98. The first-order valence-corrected chi connectivity index (χ1v) is 9.39. The predicted molar refractivity (Wildman–Crippen MR) is 118 cm³/mol. The molecule has 0 fully saturated rings. The van der Waals surface area contributed by atoms with Crippen molar-refractivity contribution in [2.75, 3.05) is 25.7 Å². The van der Waals surface area contributed by atoms with Gasteiger partial charge in [-0.05, 0) is 48.9 Å². The summed E-state index contributed by atoms with van der Waals surface area (Å²) in [6.45, 7) is 7.42. The molecule has 3 rings (SSSR count). The van der Waals surface area contributed by atoms with E-state index in [1.807, 2.05) is 12.1 Å². The zero-order valence-electron chi connectivity index (χ0n) is 17.9. The van der Waals surface area contributed by atoms with Crippen LogP contribution in [0, 0.1) is 10.8 Å². The third-order valence-electron chi connectivity index (χ3n) is 5.02. The summed E-state index contributed by atoms with van der Waals surface area (Å²) in [5, 5.41) is 23.1. The minimum Gasteiger partial charge on any atom is -0.497 e. The second kappa shape index (κ2) is 10.8. The van der Waals surface area contributed by atoms with Crippen LogP contribution in [-0.2, 0) is 22.2 Å². The SMILES string of the molecule is CCN1/C(=C\C=N)C(C)(C)c2cc(OC)ccc21.COc1ccccc1C(=N)O.[Co]. The van der Waals surface area contributed by atoms with E-state index in [1.165, 1.54) is 30.3 Å². The molecule has 2 aromatic rings. The van der Waals surface area contributed by atoms with Crippen LogP contribution in [0.25, 0.3) is 0 Å². The Labute approximate surface area is 188 Å². The number of allylic oxidation sites excluding steroid dienone is 2. The number of para-hydroxylation sites is 1. The Morgan fingerprint density at radius 3 is 2.30 bits per heavy atom. The molecular formula is C23H29CoN3O3. The Hall–Kier alpha value is -2.77. The standard InChI is InChI=1S/C15H20N2O.C8H9NO2.Co/c1-5-17-13-7-6-11(18-4)10-12(13)15(2,3)14(17)8-9-16;1-11-7-5-3-2-4-6(7)8(9)10;/h6-10,16H,5H2,1-4H3;2-5H,1H3,(H2,9,10);/b14-8-,16-9?;;. The van der Waals surface area contributed by atoms with Gasteiger partial charge in [0.15, 0.2) is 0 Å². The van der Waals surface area contributed by atoms with Gasteiger partial charge in [-0.25, -0.2) is 0 Å². The van der Waals surface area contributed by atoms with E-state index in [0.29, 0.717) is 11.3 Å². The summed E-state index contributed by atoms with van der Waals surface area (Å²) in [5.74, 6) is 0.927. The molecule has 0 atom stereocenters. The average Bonchev–Trinajstić information content (AvgIpc) is 2.94. The first-order chi connectivity index (χ1) is 13.8. The Kier molecular flexibility index (Phi) is 9.13. The normalized spacial score (nSPS) is 14.7. The molecule has 0 saturated carbocycles. The van der Waals surface area contributed by atoms with Crippen LogP contribution in [0.4, 0.5) is 5.69 Å². The number of nitrogens with zero attached hydrogens (tertiary/aromatic N) is 1. The van der Waals surface area contributed by atoms with Gasteiger partial charge in [0, 0.05) is 46.3 Å². The first-order valence-electron chi connectivity index (χ1n) is 9.39. The number of methoxy groups -OCH3 is 2. The number of nitrogens with one attached hydrogen (secondary N) is 2. The predicted octanol–water partition coefficient (Wildman–Crippen LogP) is 4.92. The van der Waals surface area contributed by atoms with Crippen LogP contribution >= 0.6 is 0 Å². The average molecular weight is 454 g/mol. The van der Waals surface area contributed by atoms with Crippen LogP contribution < -0.4 is 14.4 Å². The van der Waals surface area contributed by atoms with Gasteiger partial charge in [0.25, 0.3) is 0 Å². The van der Waals surface area contributed by atoms with Gasteiger partial charge in [0.05, 0.1) is 19.8 Å². The van der Waals surface area contributed by atoms with Crippen LogP contribution in [0.2, 0.25) is 0 Å². The van der Waals surface area contributed by atoms with Crippen molar-refractivity contribution in [3.8, 4) is 11.5 Å². The summed E-state index contributed by atoms with van der Waals surface area (Å²) in [6, 6.07) is 13.0. The molecule has 0 unspecified atom stereocenters. The molecule has 0 aromatic heterocycles. The fourth-order valence-corrected chi connectivity index (χ4v) is 3.54. The van der Waals surface area contributed by atoms with Crippen LogP contribution in [0.15, 0.2) is 54.2 Å². The van der Waals surface area contributed by atoms with E-state index in [2.05, 4.69) is 37.8 Å². The Morgan fingerprint density at radius 1 is 1.13 bits per heavy atom. The second-order valence-corrected chi connectivity index (χ2v) is 7.02. The maximum Gasteiger partial charge on any atom is 0.214 e. The van der Waals surface area contributed by atoms with E-state index in [0.717, 1.165) is 12.3 Å². The van der Waals surface area contributed by atoms with Gasteiger partial charge < -0.3 is 24.9 Å². The molecule has 0 bridgehead atoms. The molecular weight excluding hydrogens is 425 g/mol. The number of benzene rings is 2. The van der Waals surface area contributed by atoms with Crippen molar-refractivity contribution in [2.45, 2.75) is 26.2 Å². The fraction of sp³-hybridized carbons (Fsp3) is 0.304. The number of anilines is 1. The molecule has 0 aliphatic carbocycles. The van der Waals surface area contributed by atoms with E-state index in [4.69, 9.17) is 25.4 Å². The molecule has 1 aliphatic heterocycles. The first kappa shape index (κ1) is 25.3. The monoisotopic (exact) mass is 454 g/mol. The molecule has 0 spiro atoms. The summed E-state index contributed by atoms with van der Waals surface area (Å²) >= 11 is 0. The number of aliphatic hydroxyl groups excluding tert-OH is 1. The van der Waals surface area contributed by atoms with Gasteiger partial charge in [-0.2, -0.15) is 0 Å². The molecule has 1 aliphatic rings. The molecule has 7 heteroatoms. The van der Waals surface area contributed by atoms with Gasteiger partial charge in [-0.15, -0.1) is 0 Å². The molecule has 2 aromatic carbocycles. The summed E-state index contributed by atoms with van der Waals surface area (Å²) < 4.78 is 10.2. The van der Waals surface area contributed by atoms with Crippen molar-refractivity contribution >= 4 is 17.8 Å². The second-order valence-electron chi connectivity index (χ2n) is 7.02. The number of rotatable bonds is 5. The Morgan fingerprint density at radius 2 is 1.80 bits per heavy atom. The summed E-state index contributed by atoms with van der Waals surface area (Å²) in [6.07, 6.45) is 3.25. The van der Waals surface area contributed by atoms with E-state index in [1.54, 1.807) is 31.4 Å². The van der Waals surface area contributed by atoms with Crippen molar-refractivity contribution in [1.82, 2.24) is 0 Å². The van der Waals surface area contributed by atoms with E-state index in [9.17, 15) is 0 Å². The molecule has 1 heterocycles. The zero-order chi connectivity index (χ0) is 21.6. The fourth-order valence-electron chi connectivity index (χ4n) is 3.54. The number of fused-ring (bicyclic) bond motifs is 1. The Bertz CT molecular complexity index is 926. The van der Waals surface area contributed by atoms with Crippen molar-refractivity contribution < 1.29 is 31.4 Å². The summed E-state index contributed by atoms with van der Waals surface area (Å²) in [7, 11) is 3.19. The van der Waals surface area contributed by atoms with Crippen LogP contribution in [0.5, 0.6) is 11.5 Å². The van der Waals surface area contributed by atoms with Crippen LogP contribution in [0.1, 0.15) is 31.9 Å². The number of likely N-dealkylation sites (N-methyl/N-ethyl adjacent to an activating group) is 1. The van der Waals surface area contributed by atoms with Gasteiger partial charge in [0.2, 0.25) is 5.90 Å². The molecule has 6 nitrogen and oxygen atoms in total. The molecule has 3 N–H and O–H groups in total. The van der Waals surface area contributed by atoms with Crippen molar-refractivity contribution in [1.29, 1.82) is 10.8 Å².